The van der Waals surface area contributed by atoms with Gasteiger partial charge in [-0.05, 0) is 77.0 Å². The Balaban J connectivity index is 2.41. The Hall–Kier alpha value is -3.38. The van der Waals surface area contributed by atoms with Crippen LogP contribution in [0.25, 0.3) is 0 Å². The van der Waals surface area contributed by atoms with Crippen LogP contribution in [0, 0.1) is 0 Å². The summed E-state index contributed by atoms with van der Waals surface area (Å²) in [7, 11) is 0. The highest BCUT2D eigenvalue weighted by molar-refractivity contribution is 5.70. The predicted octanol–water partition coefficient (Wildman–Crippen LogP) is 10.3. The topological polar surface area (TPSA) is 152 Å². The number of hydrogen-bond donors (Lipinski definition) is 4. The maximum absolute atomic E-state index is 12.8. The minimum atomic E-state index is -1.62. The van der Waals surface area contributed by atoms with Crippen LogP contribution in [0.1, 0.15) is 155 Å². The van der Waals surface area contributed by atoms with Crippen LogP contribution in [-0.2, 0) is 28.5 Å². The molecule has 0 aromatic carbocycles. The molecule has 1 heterocycles. The zero-order valence-corrected chi connectivity index (χ0v) is 37.6. The highest BCUT2D eigenvalue weighted by atomic mass is 16.7. The molecule has 346 valence electrons. The second-order valence-corrected chi connectivity index (χ2v) is 15.5. The Kier molecular flexibility index (Phi) is 37.1. The number of unbranched alkanes of at least 4 members (excludes halogenated alkanes) is 10. The molecule has 0 radical (unpaired) electrons. The van der Waals surface area contributed by atoms with Crippen molar-refractivity contribution in [3.8, 4) is 0 Å². The molecule has 10 nitrogen and oxygen atoms in total. The summed E-state index contributed by atoms with van der Waals surface area (Å²) in [5, 5.41) is 40.1. The molecule has 1 rings (SSSR count). The Morgan fingerprint density at radius 1 is 0.525 bits per heavy atom. The smallest absolute Gasteiger partial charge is 0.306 e. The zero-order valence-electron chi connectivity index (χ0n) is 37.6. The molecule has 0 spiro atoms. The van der Waals surface area contributed by atoms with Crippen molar-refractivity contribution >= 4 is 11.9 Å². The van der Waals surface area contributed by atoms with Gasteiger partial charge in [0.2, 0.25) is 0 Å². The van der Waals surface area contributed by atoms with Crippen LogP contribution in [0.5, 0.6) is 0 Å². The monoisotopic (exact) mass is 855 g/mol. The molecule has 61 heavy (non-hydrogen) atoms. The van der Waals surface area contributed by atoms with Gasteiger partial charge in [-0.15, -0.1) is 0 Å². The Labute approximate surface area is 368 Å². The molecular weight excluding hydrogens is 773 g/mol. The van der Waals surface area contributed by atoms with Gasteiger partial charge in [0.25, 0.3) is 0 Å². The van der Waals surface area contributed by atoms with E-state index < -0.39 is 55.4 Å². The third kappa shape index (κ3) is 32.0. The number of allylic oxidation sites excluding steroid dienone is 16. The van der Waals surface area contributed by atoms with Gasteiger partial charge in [0.1, 0.15) is 31.0 Å². The molecule has 0 saturated carbocycles. The van der Waals surface area contributed by atoms with Gasteiger partial charge in [-0.3, -0.25) is 9.59 Å². The number of carbonyl (C=O) groups excluding carboxylic acids is 2. The summed E-state index contributed by atoms with van der Waals surface area (Å²) < 4.78 is 22.0. The van der Waals surface area contributed by atoms with Gasteiger partial charge in [-0.25, -0.2) is 0 Å². The largest absolute Gasteiger partial charge is 0.462 e. The van der Waals surface area contributed by atoms with Crippen LogP contribution in [0.3, 0.4) is 0 Å². The van der Waals surface area contributed by atoms with E-state index in [9.17, 15) is 30.0 Å². The van der Waals surface area contributed by atoms with Crippen LogP contribution < -0.4 is 0 Å². The van der Waals surface area contributed by atoms with Gasteiger partial charge in [-0.1, -0.05) is 162 Å². The second kappa shape index (κ2) is 40.7. The predicted molar refractivity (Wildman–Crippen MR) is 247 cm³/mol. The molecule has 1 aliphatic rings. The lowest BCUT2D eigenvalue weighted by molar-refractivity contribution is -0.305. The van der Waals surface area contributed by atoms with Crippen molar-refractivity contribution in [3.05, 3.63) is 97.2 Å². The second-order valence-electron chi connectivity index (χ2n) is 15.5. The maximum atomic E-state index is 12.8. The highest BCUT2D eigenvalue weighted by Gasteiger charge is 2.44. The van der Waals surface area contributed by atoms with Crippen molar-refractivity contribution in [2.24, 2.45) is 0 Å². The van der Waals surface area contributed by atoms with Crippen LogP contribution in [0.4, 0.5) is 0 Å². The summed E-state index contributed by atoms with van der Waals surface area (Å²) in [6, 6.07) is 0. The first-order valence-corrected chi connectivity index (χ1v) is 23.3. The van der Waals surface area contributed by atoms with Crippen LogP contribution in [-0.4, -0.2) is 89.0 Å². The summed E-state index contributed by atoms with van der Waals surface area (Å²) in [6.45, 7) is 3.18. The summed E-state index contributed by atoms with van der Waals surface area (Å²) in [4.78, 5) is 25.3. The third-order valence-corrected chi connectivity index (χ3v) is 9.97. The first kappa shape index (κ1) is 55.6. The SMILES string of the molecule is CC/C=C/C/C=C/C/C=C/C/C=C/C/C=C/C/C=C/CCC(=O)O[C@H](COC(=O)CCC/C=C/C/C=C/CCCCCCCCCCC)CO[C@@H]1O[C@H](CO)[C@H](O)C(O)C1O. The number of hydrogen-bond acceptors (Lipinski definition) is 10. The normalized spacial score (nSPS) is 20.7. The number of esters is 2. The van der Waals surface area contributed by atoms with Gasteiger partial charge in [0.05, 0.1) is 13.2 Å². The van der Waals surface area contributed by atoms with Crippen LogP contribution in [0.15, 0.2) is 97.2 Å². The molecule has 1 aliphatic heterocycles. The van der Waals surface area contributed by atoms with E-state index in [1.807, 2.05) is 12.2 Å². The van der Waals surface area contributed by atoms with E-state index in [2.05, 4.69) is 98.9 Å². The van der Waals surface area contributed by atoms with Crippen molar-refractivity contribution in [2.45, 2.75) is 192 Å². The molecule has 2 unspecified atom stereocenters. The van der Waals surface area contributed by atoms with Gasteiger partial charge < -0.3 is 39.4 Å². The zero-order chi connectivity index (χ0) is 44.4. The number of carbonyl (C=O) groups is 2. The molecular formula is C51H82O10. The van der Waals surface area contributed by atoms with Crippen molar-refractivity contribution in [2.75, 3.05) is 19.8 Å². The quantitative estimate of drug-likeness (QED) is 0.0270. The Morgan fingerprint density at radius 2 is 1.00 bits per heavy atom. The maximum Gasteiger partial charge on any atom is 0.306 e. The first-order chi connectivity index (χ1) is 29.8. The summed E-state index contributed by atoms with van der Waals surface area (Å²) in [6.07, 6.45) is 47.2. The highest BCUT2D eigenvalue weighted by Crippen LogP contribution is 2.22. The molecule has 0 aliphatic carbocycles. The van der Waals surface area contributed by atoms with E-state index in [0.29, 0.717) is 12.8 Å². The van der Waals surface area contributed by atoms with E-state index in [1.165, 1.54) is 57.8 Å². The number of aliphatic hydroxyl groups excluding tert-OH is 4. The minimum absolute atomic E-state index is 0.0907. The summed E-state index contributed by atoms with van der Waals surface area (Å²) >= 11 is 0. The van der Waals surface area contributed by atoms with E-state index in [0.717, 1.165) is 57.8 Å². The molecule has 0 bridgehead atoms. The van der Waals surface area contributed by atoms with Gasteiger partial charge >= 0.3 is 11.9 Å². The number of rotatable bonds is 37. The fourth-order valence-corrected chi connectivity index (χ4v) is 6.31. The molecule has 10 heteroatoms. The molecule has 4 N–H and O–H groups in total. The summed E-state index contributed by atoms with van der Waals surface area (Å²) in [5.74, 6) is -0.966. The lowest BCUT2D eigenvalue weighted by Crippen LogP contribution is -2.59. The van der Waals surface area contributed by atoms with Gasteiger partial charge in [0, 0.05) is 12.8 Å². The molecule has 0 amide bonds. The van der Waals surface area contributed by atoms with Crippen molar-refractivity contribution in [1.82, 2.24) is 0 Å². The average Bonchev–Trinajstić information content (AvgIpc) is 3.26. The average molecular weight is 855 g/mol. The first-order valence-electron chi connectivity index (χ1n) is 23.3. The van der Waals surface area contributed by atoms with E-state index in [-0.39, 0.29) is 26.1 Å². The minimum Gasteiger partial charge on any atom is -0.462 e. The van der Waals surface area contributed by atoms with Gasteiger partial charge in [-0.2, -0.15) is 0 Å². The number of ether oxygens (including phenoxy) is 4. The molecule has 6 atom stereocenters. The third-order valence-electron chi connectivity index (χ3n) is 9.97. The molecule has 0 aromatic heterocycles. The molecule has 0 aromatic rings. The molecule has 1 saturated heterocycles. The fraction of sp³-hybridized carbons (Fsp3) is 0.647. The van der Waals surface area contributed by atoms with Crippen molar-refractivity contribution < 1.29 is 49.0 Å². The van der Waals surface area contributed by atoms with E-state index in [4.69, 9.17) is 18.9 Å². The summed E-state index contributed by atoms with van der Waals surface area (Å²) in [5.41, 5.74) is 0. The lowest BCUT2D eigenvalue weighted by Gasteiger charge is -2.39. The lowest BCUT2D eigenvalue weighted by atomic mass is 9.99. The molecule has 1 fully saturated rings. The van der Waals surface area contributed by atoms with Crippen molar-refractivity contribution in [1.29, 1.82) is 0 Å². The van der Waals surface area contributed by atoms with E-state index >= 15 is 0 Å². The van der Waals surface area contributed by atoms with Gasteiger partial charge in [0.15, 0.2) is 12.4 Å². The number of aliphatic hydroxyl groups is 4. The van der Waals surface area contributed by atoms with Crippen LogP contribution in [0.2, 0.25) is 0 Å². The Morgan fingerprint density at radius 3 is 1.52 bits per heavy atom. The van der Waals surface area contributed by atoms with E-state index in [1.54, 1.807) is 0 Å². The fourth-order valence-electron chi connectivity index (χ4n) is 6.31. The van der Waals surface area contributed by atoms with Crippen molar-refractivity contribution in [3.63, 3.8) is 0 Å². The van der Waals surface area contributed by atoms with Crippen LogP contribution >= 0.6 is 0 Å². The Bertz CT molecular complexity index is 1310. The standard InChI is InChI=1S/C51H82O10/c1-3-5-7-9-11-13-15-17-19-21-22-24-26-28-30-32-34-36-38-40-47(54)60-44(43-59-51-50(57)49(56)48(55)45(41-52)61-51)42-58-46(53)39-37-35-33-31-29-27-25-23-20-18-16-14-12-10-8-6-4-2/h5,7,11,13,17,19,22,24-25,27-28,30-31,33-34,36,44-45,48-52,55-57H,3-4,6,8-10,12,14-16,18,20-21,23,26,29,32,35,37-43H2,1-2H3/b7-5+,13-11+,19-17+,24-22+,27-25+,30-28+,33-31+,36-34+/t44-,45-,48+,49?,50?,51-/m1/s1.